The second-order valence-electron chi connectivity index (χ2n) is 10.5. The summed E-state index contributed by atoms with van der Waals surface area (Å²) in [6.07, 6.45) is 5.89. The summed E-state index contributed by atoms with van der Waals surface area (Å²) >= 11 is 0. The molecular formula is C30H40N4O4. The van der Waals surface area contributed by atoms with Gasteiger partial charge in [-0.25, -0.2) is 0 Å². The summed E-state index contributed by atoms with van der Waals surface area (Å²) in [7, 11) is 0. The molecule has 2 unspecified atom stereocenters. The standard InChI is InChI=1S/C30H40N4O4/c1-8-20-16(4)14-32-26(20)12-25-19(7)22(10-30(37)38)28(34-25)13-27-21(9-29(35)36)18(6)24(33-27)11-23(31)17(5)15(2)3/h8,11-12,18,24,32-34H,1,9-10,13-14,31H2,2-7H3,(H,35,36)(H,37,38)/b23-11-,26-12-. The van der Waals surface area contributed by atoms with Crippen LogP contribution < -0.4 is 16.4 Å². The number of aromatic nitrogens is 1. The van der Waals surface area contributed by atoms with Crippen molar-refractivity contribution in [3.05, 3.63) is 86.2 Å². The first kappa shape index (κ1) is 28.6. The lowest BCUT2D eigenvalue weighted by atomic mass is 9.92. The molecule has 1 aromatic heterocycles. The zero-order chi connectivity index (χ0) is 28.3. The zero-order valence-electron chi connectivity index (χ0n) is 23.2. The van der Waals surface area contributed by atoms with Gasteiger partial charge in [-0.05, 0) is 80.2 Å². The van der Waals surface area contributed by atoms with Crippen LogP contribution in [0, 0.1) is 12.8 Å². The normalized spacial score (nSPS) is 20.6. The molecule has 0 saturated heterocycles. The number of nitrogens with two attached hydrogens (primary N) is 1. The fraction of sp³-hybridized carbons (Fsp3) is 0.400. The Morgan fingerprint density at radius 2 is 1.79 bits per heavy atom. The molecule has 3 heterocycles. The van der Waals surface area contributed by atoms with E-state index >= 15 is 0 Å². The molecule has 0 saturated carbocycles. The van der Waals surface area contributed by atoms with Crippen LogP contribution in [0.25, 0.3) is 6.08 Å². The van der Waals surface area contributed by atoms with Gasteiger partial charge in [0.2, 0.25) is 0 Å². The Hall–Kier alpha value is -3.94. The Balaban J connectivity index is 2.04. The number of carboxylic acid groups (broad SMARTS) is 2. The van der Waals surface area contributed by atoms with Crippen molar-refractivity contribution in [2.24, 2.45) is 11.7 Å². The first-order valence-electron chi connectivity index (χ1n) is 12.9. The molecule has 2 aliphatic rings. The predicted octanol–water partition coefficient (Wildman–Crippen LogP) is 4.47. The average molecular weight is 521 g/mol. The number of hydrogen-bond donors (Lipinski definition) is 6. The highest BCUT2D eigenvalue weighted by atomic mass is 16.4. The van der Waals surface area contributed by atoms with Crippen LogP contribution in [0.5, 0.6) is 0 Å². The smallest absolute Gasteiger partial charge is 0.307 e. The zero-order valence-corrected chi connectivity index (χ0v) is 23.2. The maximum absolute atomic E-state index is 11.8. The van der Waals surface area contributed by atoms with Gasteiger partial charge in [-0.15, -0.1) is 0 Å². The summed E-state index contributed by atoms with van der Waals surface area (Å²) in [5.41, 5.74) is 17.0. The summed E-state index contributed by atoms with van der Waals surface area (Å²) in [5, 5.41) is 26.1. The van der Waals surface area contributed by atoms with Crippen molar-refractivity contribution in [3.8, 4) is 0 Å². The number of aromatic amines is 1. The van der Waals surface area contributed by atoms with E-state index in [1.165, 1.54) is 5.57 Å². The fourth-order valence-electron chi connectivity index (χ4n) is 5.09. The van der Waals surface area contributed by atoms with Gasteiger partial charge < -0.3 is 31.6 Å². The van der Waals surface area contributed by atoms with Gasteiger partial charge in [0.15, 0.2) is 0 Å². The third-order valence-corrected chi connectivity index (χ3v) is 7.68. The number of carbonyl (C=O) groups is 2. The van der Waals surface area contributed by atoms with E-state index in [0.29, 0.717) is 17.7 Å². The van der Waals surface area contributed by atoms with Gasteiger partial charge in [-0.1, -0.05) is 25.2 Å². The molecule has 0 radical (unpaired) electrons. The maximum Gasteiger partial charge on any atom is 0.307 e. The summed E-state index contributed by atoms with van der Waals surface area (Å²) in [6, 6.07) is -0.167. The lowest BCUT2D eigenvalue weighted by molar-refractivity contribution is -0.137. The number of aliphatic carboxylic acids is 2. The average Bonchev–Trinajstić information content (AvgIpc) is 3.43. The van der Waals surface area contributed by atoms with E-state index in [1.54, 1.807) is 0 Å². The molecule has 8 heteroatoms. The number of carboxylic acids is 2. The molecule has 2 atom stereocenters. The molecule has 0 amide bonds. The largest absolute Gasteiger partial charge is 0.481 e. The number of hydrogen-bond acceptors (Lipinski definition) is 5. The van der Waals surface area contributed by atoms with Crippen LogP contribution >= 0.6 is 0 Å². The molecule has 8 nitrogen and oxygen atoms in total. The molecule has 0 spiro atoms. The SMILES string of the molecule is C=CC1=C(C)CN/C1=C\c1[nH]c(CC2=C(CC(=O)O)C(C)C(/C=C(\N)C(C)=C(C)C)N2)c(CC(=O)O)c1C. The first-order valence-corrected chi connectivity index (χ1v) is 12.9. The molecule has 204 valence electrons. The first-order chi connectivity index (χ1) is 17.8. The lowest BCUT2D eigenvalue weighted by Crippen LogP contribution is -2.27. The summed E-state index contributed by atoms with van der Waals surface area (Å²) in [6.45, 7) is 16.6. The van der Waals surface area contributed by atoms with E-state index in [2.05, 4.69) is 22.2 Å². The van der Waals surface area contributed by atoms with E-state index in [4.69, 9.17) is 5.73 Å². The predicted molar refractivity (Wildman–Crippen MR) is 151 cm³/mol. The number of nitrogens with one attached hydrogen (secondary N) is 3. The van der Waals surface area contributed by atoms with Crippen molar-refractivity contribution in [2.75, 3.05) is 6.54 Å². The Bertz CT molecular complexity index is 1320. The molecule has 0 bridgehead atoms. The summed E-state index contributed by atoms with van der Waals surface area (Å²) in [5.74, 6) is -1.92. The highest BCUT2D eigenvalue weighted by molar-refractivity contribution is 5.74. The molecule has 0 aromatic carbocycles. The third kappa shape index (κ3) is 6.13. The second kappa shape index (κ2) is 11.6. The topological polar surface area (TPSA) is 140 Å². The minimum absolute atomic E-state index is 0.0869. The number of H-pyrrole nitrogens is 1. The fourth-order valence-corrected chi connectivity index (χ4v) is 5.09. The van der Waals surface area contributed by atoms with Crippen LogP contribution in [0.3, 0.4) is 0 Å². The Kier molecular flexibility index (Phi) is 8.76. The van der Waals surface area contributed by atoms with Crippen LogP contribution in [0.1, 0.15) is 63.6 Å². The molecule has 0 fully saturated rings. The van der Waals surface area contributed by atoms with Crippen LogP contribution in [0.15, 0.2) is 63.7 Å². The van der Waals surface area contributed by atoms with Crippen molar-refractivity contribution in [1.29, 1.82) is 0 Å². The lowest BCUT2D eigenvalue weighted by Gasteiger charge is -2.16. The highest BCUT2D eigenvalue weighted by Crippen LogP contribution is 2.34. The van der Waals surface area contributed by atoms with Gasteiger partial charge in [0, 0.05) is 47.4 Å². The number of allylic oxidation sites excluding steroid dienone is 4. The van der Waals surface area contributed by atoms with Gasteiger partial charge in [0.1, 0.15) is 0 Å². The van der Waals surface area contributed by atoms with Crippen molar-refractivity contribution < 1.29 is 19.8 Å². The quantitative estimate of drug-likeness (QED) is 0.250. The van der Waals surface area contributed by atoms with Crippen molar-refractivity contribution >= 4 is 18.0 Å². The minimum atomic E-state index is -0.924. The highest BCUT2D eigenvalue weighted by Gasteiger charge is 2.32. The van der Waals surface area contributed by atoms with Crippen LogP contribution in [0.2, 0.25) is 0 Å². The van der Waals surface area contributed by atoms with E-state index in [-0.39, 0.29) is 24.8 Å². The van der Waals surface area contributed by atoms with Crippen molar-refractivity contribution in [3.63, 3.8) is 0 Å². The Morgan fingerprint density at radius 1 is 1.13 bits per heavy atom. The van der Waals surface area contributed by atoms with Gasteiger partial charge in [0.25, 0.3) is 0 Å². The molecule has 2 aliphatic heterocycles. The summed E-state index contributed by atoms with van der Waals surface area (Å²) in [4.78, 5) is 27.0. The van der Waals surface area contributed by atoms with Gasteiger partial charge in [-0.3, -0.25) is 9.59 Å². The molecule has 7 N–H and O–H groups in total. The van der Waals surface area contributed by atoms with Crippen LogP contribution in [-0.4, -0.2) is 39.7 Å². The molecule has 0 aliphatic carbocycles. The van der Waals surface area contributed by atoms with E-state index < -0.39 is 11.9 Å². The van der Waals surface area contributed by atoms with Gasteiger partial charge >= 0.3 is 11.9 Å². The summed E-state index contributed by atoms with van der Waals surface area (Å²) < 4.78 is 0. The van der Waals surface area contributed by atoms with E-state index in [9.17, 15) is 19.8 Å². The van der Waals surface area contributed by atoms with Crippen molar-refractivity contribution in [2.45, 2.75) is 66.8 Å². The molecular weight excluding hydrogens is 480 g/mol. The Labute approximate surface area is 224 Å². The monoisotopic (exact) mass is 520 g/mol. The molecule has 38 heavy (non-hydrogen) atoms. The van der Waals surface area contributed by atoms with E-state index in [0.717, 1.165) is 57.2 Å². The molecule has 3 rings (SSSR count). The third-order valence-electron chi connectivity index (χ3n) is 7.68. The Morgan fingerprint density at radius 3 is 2.37 bits per heavy atom. The van der Waals surface area contributed by atoms with Gasteiger partial charge in [0.05, 0.1) is 18.9 Å². The maximum atomic E-state index is 11.8. The molecule has 1 aromatic rings. The van der Waals surface area contributed by atoms with Crippen LogP contribution in [-0.2, 0) is 22.4 Å². The van der Waals surface area contributed by atoms with Crippen LogP contribution in [0.4, 0.5) is 0 Å². The van der Waals surface area contributed by atoms with Gasteiger partial charge in [-0.2, -0.15) is 0 Å². The minimum Gasteiger partial charge on any atom is -0.481 e. The second-order valence-corrected chi connectivity index (χ2v) is 10.5. The van der Waals surface area contributed by atoms with E-state index in [1.807, 2.05) is 59.8 Å². The number of rotatable bonds is 10. The van der Waals surface area contributed by atoms with Crippen molar-refractivity contribution in [1.82, 2.24) is 15.6 Å².